The Kier molecular flexibility index (Phi) is 4.63. The third kappa shape index (κ3) is 3.42. The summed E-state index contributed by atoms with van der Waals surface area (Å²) in [6, 6.07) is 7.66. The number of aliphatic carboxylic acids is 1. The lowest BCUT2D eigenvalue weighted by atomic mass is 10.1. The van der Waals surface area contributed by atoms with E-state index in [1.807, 2.05) is 43.1 Å². The third-order valence-corrected chi connectivity index (χ3v) is 4.04. The highest BCUT2D eigenvalue weighted by Crippen LogP contribution is 2.24. The molecule has 1 aliphatic rings. The van der Waals surface area contributed by atoms with Gasteiger partial charge in [-0.2, -0.15) is 0 Å². The molecule has 0 bridgehead atoms. The second-order valence-electron chi connectivity index (χ2n) is 5.81. The molecular weight excluding hydrogens is 268 g/mol. The fraction of sp³-hybridized carbons (Fsp3) is 0.500. The van der Waals surface area contributed by atoms with Crippen molar-refractivity contribution in [1.29, 1.82) is 0 Å². The van der Waals surface area contributed by atoms with E-state index < -0.39 is 11.9 Å². The number of carboxylic acid groups (broad SMARTS) is 1. The van der Waals surface area contributed by atoms with Crippen LogP contribution < -0.4 is 4.90 Å². The molecule has 1 amide bonds. The molecule has 21 heavy (non-hydrogen) atoms. The molecule has 2 unspecified atom stereocenters. The standard InChI is InChI=1S/C16H22N2O3/c1-11-4-6-13(7-5-11)18-9-8-14(15(18)19)17(3)10-12(2)16(20)21/h4-7,12,14H,8-10H2,1-3H3,(H,20,21). The first-order valence-electron chi connectivity index (χ1n) is 7.21. The number of hydrogen-bond donors (Lipinski definition) is 1. The first kappa shape index (κ1) is 15.5. The number of benzene rings is 1. The predicted octanol–water partition coefficient (Wildman–Crippen LogP) is 1.75. The lowest BCUT2D eigenvalue weighted by Gasteiger charge is -2.25. The Bertz CT molecular complexity index is 527. The smallest absolute Gasteiger partial charge is 0.307 e. The van der Waals surface area contributed by atoms with Crippen LogP contribution in [-0.2, 0) is 9.59 Å². The second kappa shape index (κ2) is 6.26. The molecule has 1 fully saturated rings. The van der Waals surface area contributed by atoms with Gasteiger partial charge in [-0.15, -0.1) is 0 Å². The fourth-order valence-corrected chi connectivity index (χ4v) is 2.69. The minimum Gasteiger partial charge on any atom is -0.481 e. The van der Waals surface area contributed by atoms with Crippen LogP contribution in [0.3, 0.4) is 0 Å². The quantitative estimate of drug-likeness (QED) is 0.897. The Labute approximate surface area is 125 Å². The second-order valence-corrected chi connectivity index (χ2v) is 5.81. The molecule has 1 aromatic rings. The van der Waals surface area contributed by atoms with E-state index in [-0.39, 0.29) is 11.9 Å². The van der Waals surface area contributed by atoms with Gasteiger partial charge in [0.05, 0.1) is 12.0 Å². The normalized spacial score (nSPS) is 20.1. The van der Waals surface area contributed by atoms with E-state index in [0.29, 0.717) is 13.1 Å². The van der Waals surface area contributed by atoms with E-state index in [2.05, 4.69) is 0 Å². The van der Waals surface area contributed by atoms with Crippen molar-refractivity contribution in [1.82, 2.24) is 4.90 Å². The number of nitrogens with zero attached hydrogens (tertiary/aromatic N) is 2. The number of carboxylic acids is 1. The van der Waals surface area contributed by atoms with Crippen LogP contribution in [0.25, 0.3) is 0 Å². The van der Waals surface area contributed by atoms with Crippen molar-refractivity contribution < 1.29 is 14.7 Å². The molecule has 2 atom stereocenters. The maximum atomic E-state index is 12.5. The van der Waals surface area contributed by atoms with Crippen LogP contribution in [0.5, 0.6) is 0 Å². The summed E-state index contributed by atoms with van der Waals surface area (Å²) < 4.78 is 0. The van der Waals surface area contributed by atoms with Gasteiger partial charge in [0.2, 0.25) is 5.91 Å². The number of aryl methyl sites for hydroxylation is 1. The largest absolute Gasteiger partial charge is 0.481 e. The Morgan fingerprint density at radius 2 is 2.05 bits per heavy atom. The van der Waals surface area contributed by atoms with Gasteiger partial charge in [0.1, 0.15) is 0 Å². The molecule has 5 nitrogen and oxygen atoms in total. The molecule has 1 N–H and O–H groups in total. The molecule has 0 aliphatic carbocycles. The number of rotatable bonds is 5. The lowest BCUT2D eigenvalue weighted by molar-refractivity contribution is -0.142. The molecule has 0 spiro atoms. The van der Waals surface area contributed by atoms with Crippen molar-refractivity contribution >= 4 is 17.6 Å². The zero-order chi connectivity index (χ0) is 15.6. The zero-order valence-electron chi connectivity index (χ0n) is 12.7. The maximum Gasteiger partial charge on any atom is 0.307 e. The first-order chi connectivity index (χ1) is 9.90. The monoisotopic (exact) mass is 290 g/mol. The Morgan fingerprint density at radius 3 is 2.62 bits per heavy atom. The van der Waals surface area contributed by atoms with Crippen LogP contribution in [0.15, 0.2) is 24.3 Å². The Hall–Kier alpha value is -1.88. The zero-order valence-corrected chi connectivity index (χ0v) is 12.7. The van der Waals surface area contributed by atoms with Gasteiger partial charge < -0.3 is 10.0 Å². The van der Waals surface area contributed by atoms with Crippen molar-refractivity contribution in [2.24, 2.45) is 5.92 Å². The molecule has 1 saturated heterocycles. The summed E-state index contributed by atoms with van der Waals surface area (Å²) in [6.45, 7) is 4.74. The van der Waals surface area contributed by atoms with Crippen LogP contribution >= 0.6 is 0 Å². The maximum absolute atomic E-state index is 12.5. The first-order valence-corrected chi connectivity index (χ1v) is 7.21. The van der Waals surface area contributed by atoms with Crippen molar-refractivity contribution in [2.45, 2.75) is 26.3 Å². The van der Waals surface area contributed by atoms with Gasteiger partial charge in [-0.3, -0.25) is 14.5 Å². The lowest BCUT2D eigenvalue weighted by Crippen LogP contribution is -2.42. The van der Waals surface area contributed by atoms with Crippen molar-refractivity contribution in [3.8, 4) is 0 Å². The minimum absolute atomic E-state index is 0.0546. The number of likely N-dealkylation sites (N-methyl/N-ethyl adjacent to an activating group) is 1. The number of amides is 1. The summed E-state index contributed by atoms with van der Waals surface area (Å²) in [5.74, 6) is -1.25. The van der Waals surface area contributed by atoms with Crippen LogP contribution in [0.1, 0.15) is 18.9 Å². The van der Waals surface area contributed by atoms with E-state index in [1.54, 1.807) is 11.8 Å². The highest BCUT2D eigenvalue weighted by Gasteiger charge is 2.35. The van der Waals surface area contributed by atoms with E-state index in [1.165, 1.54) is 0 Å². The van der Waals surface area contributed by atoms with Gasteiger partial charge in [-0.1, -0.05) is 24.6 Å². The topological polar surface area (TPSA) is 60.9 Å². The highest BCUT2D eigenvalue weighted by molar-refractivity contribution is 5.99. The molecule has 0 radical (unpaired) electrons. The van der Waals surface area contributed by atoms with E-state index in [4.69, 9.17) is 5.11 Å². The Morgan fingerprint density at radius 1 is 1.43 bits per heavy atom. The van der Waals surface area contributed by atoms with Gasteiger partial charge in [-0.25, -0.2) is 0 Å². The third-order valence-electron chi connectivity index (χ3n) is 4.04. The number of hydrogen-bond acceptors (Lipinski definition) is 3. The molecule has 1 heterocycles. The summed E-state index contributed by atoms with van der Waals surface area (Å²) in [5.41, 5.74) is 2.07. The number of carbonyl (C=O) groups excluding carboxylic acids is 1. The fourth-order valence-electron chi connectivity index (χ4n) is 2.69. The molecule has 5 heteroatoms. The number of carbonyl (C=O) groups is 2. The van der Waals surface area contributed by atoms with E-state index in [9.17, 15) is 9.59 Å². The summed E-state index contributed by atoms with van der Waals surface area (Å²) in [5, 5.41) is 8.97. The van der Waals surface area contributed by atoms with E-state index >= 15 is 0 Å². The Balaban J connectivity index is 2.04. The summed E-state index contributed by atoms with van der Waals surface area (Å²) >= 11 is 0. The predicted molar refractivity (Wildman–Crippen MR) is 81.4 cm³/mol. The summed E-state index contributed by atoms with van der Waals surface area (Å²) in [6.07, 6.45) is 0.732. The van der Waals surface area contributed by atoms with Gasteiger partial charge in [0.15, 0.2) is 0 Å². The van der Waals surface area contributed by atoms with Crippen molar-refractivity contribution in [3.05, 3.63) is 29.8 Å². The van der Waals surface area contributed by atoms with Crippen LogP contribution in [-0.4, -0.2) is 48.1 Å². The SMILES string of the molecule is Cc1ccc(N2CCC(N(C)CC(C)C(=O)O)C2=O)cc1. The van der Waals surface area contributed by atoms with E-state index in [0.717, 1.165) is 17.7 Å². The van der Waals surface area contributed by atoms with Gasteiger partial charge in [-0.05, 0) is 32.5 Å². The highest BCUT2D eigenvalue weighted by atomic mass is 16.4. The van der Waals surface area contributed by atoms with Crippen molar-refractivity contribution in [3.63, 3.8) is 0 Å². The van der Waals surface area contributed by atoms with Gasteiger partial charge in [0, 0.05) is 18.8 Å². The molecule has 0 saturated carbocycles. The van der Waals surface area contributed by atoms with Crippen LogP contribution in [0.2, 0.25) is 0 Å². The van der Waals surface area contributed by atoms with Crippen molar-refractivity contribution in [2.75, 3.05) is 25.0 Å². The number of anilines is 1. The molecule has 0 aromatic heterocycles. The van der Waals surface area contributed by atoms with Crippen LogP contribution in [0, 0.1) is 12.8 Å². The van der Waals surface area contributed by atoms with Gasteiger partial charge >= 0.3 is 5.97 Å². The summed E-state index contributed by atoms with van der Waals surface area (Å²) in [4.78, 5) is 27.1. The summed E-state index contributed by atoms with van der Waals surface area (Å²) in [7, 11) is 1.82. The van der Waals surface area contributed by atoms with Crippen LogP contribution in [0.4, 0.5) is 5.69 Å². The molecule has 1 aliphatic heterocycles. The molecule has 114 valence electrons. The minimum atomic E-state index is -0.831. The van der Waals surface area contributed by atoms with Gasteiger partial charge in [0.25, 0.3) is 0 Å². The molecule has 1 aromatic carbocycles. The average Bonchev–Trinajstić information content (AvgIpc) is 2.81. The molecular formula is C16H22N2O3. The average molecular weight is 290 g/mol. The molecule has 2 rings (SSSR count).